The molecule has 12 heteroatoms. The van der Waals surface area contributed by atoms with Crippen molar-refractivity contribution in [1.82, 2.24) is 19.8 Å². The van der Waals surface area contributed by atoms with Crippen molar-refractivity contribution in [3.05, 3.63) is 53.6 Å². The fraction of sp³-hybridized carbons (Fsp3) is 0.333. The first-order valence-corrected chi connectivity index (χ1v) is 11.3. The van der Waals surface area contributed by atoms with Gasteiger partial charge in [0, 0.05) is 37.9 Å². The van der Waals surface area contributed by atoms with Gasteiger partial charge in [-0.15, -0.1) is 0 Å². The van der Waals surface area contributed by atoms with Gasteiger partial charge in [0.25, 0.3) is 17.7 Å². The first-order chi connectivity index (χ1) is 17.1. The smallest absolute Gasteiger partial charge is 0.315 e. The molecule has 1 aliphatic heterocycles. The predicted octanol–water partition coefficient (Wildman–Crippen LogP) is 2.51. The zero-order valence-corrected chi connectivity index (χ0v) is 19.6. The molecule has 1 aromatic carbocycles. The molecule has 2 aromatic heterocycles. The van der Waals surface area contributed by atoms with Crippen LogP contribution in [0.5, 0.6) is 0 Å². The molecule has 2 atom stereocenters. The van der Waals surface area contributed by atoms with Crippen LogP contribution in [-0.2, 0) is 4.79 Å². The molecule has 36 heavy (non-hydrogen) atoms. The Hall–Kier alpha value is -4.09. The second-order valence-corrected chi connectivity index (χ2v) is 8.59. The highest BCUT2D eigenvalue weighted by atomic mass is 19.3. The van der Waals surface area contributed by atoms with Crippen LogP contribution < -0.4 is 16.4 Å². The Morgan fingerprint density at radius 1 is 1.17 bits per heavy atom. The zero-order chi connectivity index (χ0) is 26.1. The van der Waals surface area contributed by atoms with Crippen molar-refractivity contribution in [3.63, 3.8) is 0 Å². The summed E-state index contributed by atoms with van der Waals surface area (Å²) < 4.78 is 42.0. The molecule has 4 N–H and O–H groups in total. The van der Waals surface area contributed by atoms with Crippen LogP contribution in [0.25, 0.3) is 16.6 Å². The van der Waals surface area contributed by atoms with Crippen molar-refractivity contribution in [2.45, 2.75) is 25.8 Å². The van der Waals surface area contributed by atoms with Gasteiger partial charge in [0.2, 0.25) is 0 Å². The number of rotatable bonds is 7. The van der Waals surface area contributed by atoms with E-state index in [1.54, 1.807) is 18.3 Å². The largest absolute Gasteiger partial charge is 0.378 e. The lowest BCUT2D eigenvalue weighted by molar-refractivity contribution is -0.141. The van der Waals surface area contributed by atoms with E-state index in [0.717, 1.165) is 4.90 Å². The number of fused-ring (bicyclic) bond motifs is 1. The Morgan fingerprint density at radius 3 is 2.53 bits per heavy atom. The molecule has 1 aliphatic rings. The summed E-state index contributed by atoms with van der Waals surface area (Å²) in [4.78, 5) is 37.0. The summed E-state index contributed by atoms with van der Waals surface area (Å²) in [7, 11) is 1.41. The minimum absolute atomic E-state index is 0.0358. The number of alkyl halides is 2. The Morgan fingerprint density at radius 2 is 1.92 bits per heavy atom. The third-order valence-corrected chi connectivity index (χ3v) is 6.47. The van der Waals surface area contributed by atoms with Crippen LogP contribution in [0.1, 0.15) is 34.1 Å². The van der Waals surface area contributed by atoms with Crippen molar-refractivity contribution in [1.29, 1.82) is 0 Å². The highest BCUT2D eigenvalue weighted by Crippen LogP contribution is 2.32. The third kappa shape index (κ3) is 4.58. The minimum Gasteiger partial charge on any atom is -0.378 e. The number of amides is 3. The Bertz CT molecular complexity index is 1340. The maximum absolute atomic E-state index is 14.5. The maximum atomic E-state index is 14.5. The average Bonchev–Trinajstić information content (AvgIpc) is 3.47. The van der Waals surface area contributed by atoms with Crippen molar-refractivity contribution in [2.75, 3.05) is 25.5 Å². The Labute approximate surface area is 204 Å². The van der Waals surface area contributed by atoms with E-state index < -0.39 is 36.0 Å². The van der Waals surface area contributed by atoms with Gasteiger partial charge in [-0.25, -0.2) is 8.91 Å². The molecule has 3 heterocycles. The molecule has 4 rings (SSSR count). The molecule has 0 spiro atoms. The molecule has 0 bridgehead atoms. The molecule has 9 nitrogen and oxygen atoms in total. The average molecular weight is 502 g/mol. The number of nitrogens with one attached hydrogen (secondary N) is 2. The van der Waals surface area contributed by atoms with E-state index in [4.69, 9.17) is 5.73 Å². The summed E-state index contributed by atoms with van der Waals surface area (Å²) >= 11 is 0. The van der Waals surface area contributed by atoms with Gasteiger partial charge in [-0.3, -0.25) is 14.4 Å². The molecule has 3 amide bonds. The fourth-order valence-corrected chi connectivity index (χ4v) is 4.52. The second kappa shape index (κ2) is 9.88. The van der Waals surface area contributed by atoms with Gasteiger partial charge in [0.05, 0.1) is 28.5 Å². The summed E-state index contributed by atoms with van der Waals surface area (Å²) in [6, 6.07) is 5.44. The molecule has 190 valence electrons. The zero-order valence-electron chi connectivity index (χ0n) is 19.6. The van der Waals surface area contributed by atoms with Gasteiger partial charge in [0.15, 0.2) is 0 Å². The maximum Gasteiger partial charge on any atom is 0.315 e. The van der Waals surface area contributed by atoms with E-state index >= 15 is 0 Å². The van der Waals surface area contributed by atoms with E-state index in [9.17, 15) is 27.6 Å². The van der Waals surface area contributed by atoms with Gasteiger partial charge in [-0.2, -0.15) is 13.9 Å². The second-order valence-electron chi connectivity index (χ2n) is 8.59. The van der Waals surface area contributed by atoms with E-state index in [2.05, 4.69) is 15.7 Å². The van der Waals surface area contributed by atoms with Crippen molar-refractivity contribution in [2.24, 2.45) is 11.7 Å². The first-order valence-electron chi connectivity index (χ1n) is 11.3. The molecule has 0 aliphatic carbocycles. The van der Waals surface area contributed by atoms with E-state index in [1.165, 1.54) is 29.9 Å². The summed E-state index contributed by atoms with van der Waals surface area (Å²) in [5.74, 6) is -3.38. The van der Waals surface area contributed by atoms with Crippen molar-refractivity contribution < 1.29 is 27.6 Å². The van der Waals surface area contributed by atoms with Gasteiger partial charge in [-0.1, -0.05) is 13.0 Å². The van der Waals surface area contributed by atoms with Gasteiger partial charge in [-0.05, 0) is 36.1 Å². The number of carbonyl (C=O) groups is 3. The number of primary amides is 1. The summed E-state index contributed by atoms with van der Waals surface area (Å²) in [6.07, 6.45) is 0.423. The van der Waals surface area contributed by atoms with Crippen LogP contribution in [0.4, 0.5) is 18.9 Å². The van der Waals surface area contributed by atoms with Crippen LogP contribution in [0.2, 0.25) is 0 Å². The standard InChI is InChI=1S/C24H25F3N6O3/c1-3-12-9-32(24(36)21(26)27)11-18(12)31-20-16(22(28)34)8-30-33-10-14(7-19(20)33)13-4-5-15(17(25)6-13)23(35)29-2/h4-8,10,12,18,21,31H,3,9,11H2,1-2H3,(H2,28,34)(H,29,35)/t12-,18+/m0/s1. The molecule has 0 saturated carbocycles. The number of carbonyl (C=O) groups excluding carboxylic acids is 3. The quantitative estimate of drug-likeness (QED) is 0.458. The molecule has 0 radical (unpaired) electrons. The lowest BCUT2D eigenvalue weighted by atomic mass is 10.00. The van der Waals surface area contributed by atoms with Crippen molar-refractivity contribution >= 4 is 28.9 Å². The summed E-state index contributed by atoms with van der Waals surface area (Å²) in [5.41, 5.74) is 7.38. The molecular weight excluding hydrogens is 477 g/mol. The molecular formula is C24H25F3N6O3. The number of anilines is 1. The van der Waals surface area contributed by atoms with Gasteiger partial charge in [0.1, 0.15) is 5.82 Å². The monoisotopic (exact) mass is 502 g/mol. The number of halogens is 3. The highest BCUT2D eigenvalue weighted by Gasteiger charge is 2.37. The molecule has 3 aromatic rings. The number of aromatic nitrogens is 2. The molecule has 1 fully saturated rings. The van der Waals surface area contributed by atoms with E-state index in [-0.39, 0.29) is 30.1 Å². The Kier molecular flexibility index (Phi) is 6.86. The minimum atomic E-state index is -3.10. The first kappa shape index (κ1) is 25.0. The van der Waals surface area contributed by atoms with Crippen molar-refractivity contribution in [3.8, 4) is 11.1 Å². The normalized spacial score (nSPS) is 17.6. The molecule has 0 unspecified atom stereocenters. The lowest BCUT2D eigenvalue weighted by Crippen LogP contribution is -2.35. The van der Waals surface area contributed by atoms with Crippen LogP contribution in [0.15, 0.2) is 36.7 Å². The number of benzene rings is 1. The topological polar surface area (TPSA) is 122 Å². The number of nitrogens with two attached hydrogens (primary N) is 1. The number of likely N-dealkylation sites (tertiary alicyclic amines) is 1. The van der Waals surface area contributed by atoms with Gasteiger partial charge < -0.3 is 21.3 Å². The number of hydrogen-bond acceptors (Lipinski definition) is 5. The van der Waals surface area contributed by atoms with E-state index in [1.807, 2.05) is 6.92 Å². The number of hydrogen-bond donors (Lipinski definition) is 3. The highest BCUT2D eigenvalue weighted by molar-refractivity contribution is 6.02. The number of nitrogens with zero attached hydrogens (tertiary/aromatic N) is 3. The molecule has 1 saturated heterocycles. The van der Waals surface area contributed by atoms with Gasteiger partial charge >= 0.3 is 6.43 Å². The van der Waals surface area contributed by atoms with Crippen LogP contribution >= 0.6 is 0 Å². The van der Waals surface area contributed by atoms with Crippen LogP contribution in [-0.4, -0.2) is 64.8 Å². The lowest BCUT2D eigenvalue weighted by Gasteiger charge is -2.21. The fourth-order valence-electron chi connectivity index (χ4n) is 4.52. The SMILES string of the molecule is CC[C@H]1CN(C(=O)C(F)F)C[C@H]1Nc1c(C(N)=O)cnn2cc(-c3ccc(C(=O)NC)c(F)c3)cc12. The summed E-state index contributed by atoms with van der Waals surface area (Å²) in [5, 5.41) is 9.84. The summed E-state index contributed by atoms with van der Waals surface area (Å²) in [6.45, 7) is 2.08. The van der Waals surface area contributed by atoms with Crippen LogP contribution in [0.3, 0.4) is 0 Å². The third-order valence-electron chi connectivity index (χ3n) is 6.47. The van der Waals surface area contributed by atoms with Crippen LogP contribution in [0, 0.1) is 11.7 Å². The predicted molar refractivity (Wildman–Crippen MR) is 126 cm³/mol. The Balaban J connectivity index is 1.73. The van der Waals surface area contributed by atoms with E-state index in [0.29, 0.717) is 28.8 Å².